The van der Waals surface area contributed by atoms with Gasteiger partial charge in [-0.3, -0.25) is 9.59 Å². The van der Waals surface area contributed by atoms with Crippen molar-refractivity contribution in [3.05, 3.63) is 106 Å². The van der Waals surface area contributed by atoms with E-state index in [-0.39, 0.29) is 11.8 Å². The Hall–Kier alpha value is -3.11. The van der Waals surface area contributed by atoms with Gasteiger partial charge in [0.1, 0.15) is 0 Å². The van der Waals surface area contributed by atoms with Gasteiger partial charge in [-0.2, -0.15) is 0 Å². The number of aryl methyl sites for hydroxylation is 2. The molecule has 4 heteroatoms. The molecular formula is C28H27NO2S. The first-order valence-corrected chi connectivity index (χ1v) is 12.0. The van der Waals surface area contributed by atoms with E-state index in [0.29, 0.717) is 21.9 Å². The molecule has 0 fully saturated rings. The molecule has 3 aromatic rings. The van der Waals surface area contributed by atoms with Gasteiger partial charge < -0.3 is 0 Å². The van der Waals surface area contributed by atoms with Crippen molar-refractivity contribution >= 4 is 34.8 Å². The summed E-state index contributed by atoms with van der Waals surface area (Å²) in [5.41, 5.74) is 5.36. The number of rotatable bonds is 8. The van der Waals surface area contributed by atoms with E-state index in [2.05, 4.69) is 6.92 Å². The Kier molecular flexibility index (Phi) is 6.91. The van der Waals surface area contributed by atoms with Crippen molar-refractivity contribution in [2.75, 3.05) is 4.90 Å². The lowest BCUT2D eigenvalue weighted by molar-refractivity contribution is -0.119. The van der Waals surface area contributed by atoms with Gasteiger partial charge in [-0.15, -0.1) is 11.8 Å². The Morgan fingerprint density at radius 1 is 0.781 bits per heavy atom. The maximum atomic E-state index is 13.5. The molecular weight excluding hydrogens is 414 g/mol. The number of unbranched alkanes of at least 4 members (excludes halogenated alkanes) is 1. The van der Waals surface area contributed by atoms with Crippen LogP contribution >= 0.6 is 11.8 Å². The van der Waals surface area contributed by atoms with E-state index in [4.69, 9.17) is 0 Å². The molecule has 0 atom stereocenters. The largest absolute Gasteiger partial charge is 0.272 e. The molecule has 1 aliphatic heterocycles. The van der Waals surface area contributed by atoms with Gasteiger partial charge >= 0.3 is 0 Å². The highest BCUT2D eigenvalue weighted by Gasteiger charge is 2.40. The number of carbonyl (C=O) groups excluding carboxylic acids is 2. The van der Waals surface area contributed by atoms with Crippen molar-refractivity contribution in [3.63, 3.8) is 0 Å². The molecule has 1 aliphatic rings. The van der Waals surface area contributed by atoms with Gasteiger partial charge in [0.15, 0.2) is 0 Å². The average Bonchev–Trinajstić information content (AvgIpc) is 3.07. The Morgan fingerprint density at radius 3 is 2.12 bits per heavy atom. The normalized spacial score (nSPS) is 13.9. The lowest BCUT2D eigenvalue weighted by Crippen LogP contribution is -2.31. The lowest BCUT2D eigenvalue weighted by Gasteiger charge is -2.16. The molecule has 0 bridgehead atoms. The van der Waals surface area contributed by atoms with Crippen LogP contribution in [-0.4, -0.2) is 11.8 Å². The second-order valence-electron chi connectivity index (χ2n) is 8.06. The Morgan fingerprint density at radius 2 is 1.47 bits per heavy atom. The first-order chi connectivity index (χ1) is 15.6. The van der Waals surface area contributed by atoms with E-state index in [1.54, 1.807) is 0 Å². The summed E-state index contributed by atoms with van der Waals surface area (Å²) in [5, 5.41) is 0. The molecule has 0 radical (unpaired) electrons. The number of hydrogen-bond donors (Lipinski definition) is 0. The molecule has 0 N–H and O–H groups in total. The van der Waals surface area contributed by atoms with Gasteiger partial charge in [-0.25, -0.2) is 4.90 Å². The molecule has 0 unspecified atom stereocenters. The summed E-state index contributed by atoms with van der Waals surface area (Å²) in [4.78, 5) is 28.8. The predicted molar refractivity (Wildman–Crippen MR) is 133 cm³/mol. The number of thioether (sulfide) groups is 1. The minimum atomic E-state index is -0.254. The summed E-state index contributed by atoms with van der Waals surface area (Å²) in [6, 6.07) is 25.6. The van der Waals surface area contributed by atoms with Crippen molar-refractivity contribution in [1.29, 1.82) is 0 Å². The minimum Gasteiger partial charge on any atom is -0.268 e. The summed E-state index contributed by atoms with van der Waals surface area (Å²) >= 11 is 1.44. The van der Waals surface area contributed by atoms with Gasteiger partial charge in [0.2, 0.25) is 0 Å². The molecule has 1 heterocycles. The summed E-state index contributed by atoms with van der Waals surface area (Å²) < 4.78 is 0. The van der Waals surface area contributed by atoms with E-state index in [0.717, 1.165) is 36.0 Å². The molecule has 0 aromatic heterocycles. The molecule has 2 amide bonds. The molecule has 0 spiro atoms. The number of benzene rings is 3. The van der Waals surface area contributed by atoms with Crippen molar-refractivity contribution in [3.8, 4) is 0 Å². The van der Waals surface area contributed by atoms with Crippen LogP contribution < -0.4 is 4.90 Å². The second kappa shape index (κ2) is 10.0. The van der Waals surface area contributed by atoms with E-state index in [1.165, 1.54) is 22.2 Å². The predicted octanol–water partition coefficient (Wildman–Crippen LogP) is 6.56. The quantitative estimate of drug-likeness (QED) is 0.372. The van der Waals surface area contributed by atoms with Crippen LogP contribution in [0.4, 0.5) is 5.69 Å². The zero-order valence-corrected chi connectivity index (χ0v) is 19.3. The van der Waals surface area contributed by atoms with Crippen molar-refractivity contribution < 1.29 is 9.59 Å². The van der Waals surface area contributed by atoms with Crippen LogP contribution in [0.2, 0.25) is 0 Å². The van der Waals surface area contributed by atoms with Gasteiger partial charge in [-0.1, -0.05) is 85.6 Å². The van der Waals surface area contributed by atoms with Crippen LogP contribution in [0.25, 0.3) is 5.57 Å². The summed E-state index contributed by atoms with van der Waals surface area (Å²) in [7, 11) is 0. The van der Waals surface area contributed by atoms with E-state index in [1.807, 2.05) is 85.8 Å². The molecule has 3 aromatic carbocycles. The van der Waals surface area contributed by atoms with Crippen molar-refractivity contribution in [1.82, 2.24) is 0 Å². The minimum absolute atomic E-state index is 0.243. The van der Waals surface area contributed by atoms with Crippen molar-refractivity contribution in [2.24, 2.45) is 0 Å². The number of carbonyl (C=O) groups is 2. The summed E-state index contributed by atoms with van der Waals surface area (Å²) in [6.07, 6.45) is 3.26. The zero-order chi connectivity index (χ0) is 22.5. The first kappa shape index (κ1) is 22.1. The third-order valence-corrected chi connectivity index (χ3v) is 6.77. The van der Waals surface area contributed by atoms with Crippen LogP contribution in [0.1, 0.15) is 42.0 Å². The molecule has 32 heavy (non-hydrogen) atoms. The van der Waals surface area contributed by atoms with Crippen LogP contribution in [0, 0.1) is 6.92 Å². The monoisotopic (exact) mass is 441 g/mol. The lowest BCUT2D eigenvalue weighted by atomic mass is 10.0. The molecule has 4 rings (SSSR count). The highest BCUT2D eigenvalue weighted by Crippen LogP contribution is 2.39. The van der Waals surface area contributed by atoms with Crippen molar-refractivity contribution in [2.45, 2.75) is 38.9 Å². The van der Waals surface area contributed by atoms with Crippen LogP contribution in [-0.2, 0) is 21.8 Å². The van der Waals surface area contributed by atoms with Gasteiger partial charge in [0.25, 0.3) is 11.8 Å². The molecule has 162 valence electrons. The maximum absolute atomic E-state index is 13.5. The fraction of sp³-hybridized carbons (Fsp3) is 0.214. The van der Waals surface area contributed by atoms with Crippen LogP contribution in [0.15, 0.2) is 83.8 Å². The number of amides is 2. The van der Waals surface area contributed by atoms with Crippen LogP contribution in [0.5, 0.6) is 0 Å². The van der Waals surface area contributed by atoms with Gasteiger partial charge in [0.05, 0.1) is 16.2 Å². The average molecular weight is 442 g/mol. The third-order valence-electron chi connectivity index (χ3n) is 5.62. The molecule has 3 nitrogen and oxygen atoms in total. The van der Waals surface area contributed by atoms with E-state index >= 15 is 0 Å². The summed E-state index contributed by atoms with van der Waals surface area (Å²) in [5.74, 6) is 0.137. The topological polar surface area (TPSA) is 37.4 Å². The maximum Gasteiger partial charge on any atom is 0.272 e. The van der Waals surface area contributed by atoms with E-state index in [9.17, 15) is 9.59 Å². The third kappa shape index (κ3) is 4.71. The van der Waals surface area contributed by atoms with E-state index < -0.39 is 0 Å². The second-order valence-corrected chi connectivity index (χ2v) is 9.05. The number of nitrogens with zero attached hydrogens (tertiary/aromatic N) is 1. The number of imide groups is 1. The molecule has 0 aliphatic carbocycles. The molecule has 0 saturated heterocycles. The van der Waals surface area contributed by atoms with Gasteiger partial charge in [0, 0.05) is 5.75 Å². The van der Waals surface area contributed by atoms with Crippen LogP contribution in [0.3, 0.4) is 0 Å². The standard InChI is InChI=1S/C28H27NO2S/c1-3-4-8-21-13-17-24(18-14-21)29-27(30)25(23-15-11-20(2)12-16-23)26(28(29)31)32-19-22-9-6-5-7-10-22/h5-7,9-18H,3-4,8,19H2,1-2H3. The fourth-order valence-corrected chi connectivity index (χ4v) is 4.84. The Bertz CT molecular complexity index is 1130. The highest BCUT2D eigenvalue weighted by atomic mass is 32.2. The SMILES string of the molecule is CCCCc1ccc(N2C(=O)C(SCc3ccccc3)=C(c3ccc(C)cc3)C2=O)cc1. The summed E-state index contributed by atoms with van der Waals surface area (Å²) in [6.45, 7) is 4.18. The Labute approximate surface area is 194 Å². The number of hydrogen-bond acceptors (Lipinski definition) is 3. The fourth-order valence-electron chi connectivity index (χ4n) is 3.78. The number of anilines is 1. The Balaban J connectivity index is 1.66. The molecule has 0 saturated carbocycles. The smallest absolute Gasteiger partial charge is 0.268 e. The first-order valence-electron chi connectivity index (χ1n) is 11.0. The zero-order valence-electron chi connectivity index (χ0n) is 18.5. The van der Waals surface area contributed by atoms with Gasteiger partial charge in [-0.05, 0) is 48.6 Å². The highest BCUT2D eigenvalue weighted by molar-refractivity contribution is 8.03.